The number of likely N-dealkylation sites (tertiary alicyclic amines) is 1. The number of thiophene rings is 1. The Labute approximate surface area is 191 Å². The van der Waals surface area contributed by atoms with Gasteiger partial charge in [0, 0.05) is 36.4 Å². The molecule has 1 aliphatic rings. The summed E-state index contributed by atoms with van der Waals surface area (Å²) in [4.78, 5) is 39.9. The molecule has 2 heterocycles. The maximum atomic E-state index is 12.6. The lowest BCUT2D eigenvalue weighted by Gasteiger charge is -2.26. The summed E-state index contributed by atoms with van der Waals surface area (Å²) < 4.78 is 0. The molecule has 32 heavy (non-hydrogen) atoms. The fraction of sp³-hybridized carbons (Fsp3) is 0.240. The number of nitrogens with zero attached hydrogens (tertiary/aromatic N) is 1. The van der Waals surface area contributed by atoms with Gasteiger partial charge in [-0.2, -0.15) is 0 Å². The van der Waals surface area contributed by atoms with Crippen molar-refractivity contribution in [1.82, 2.24) is 10.2 Å². The monoisotopic (exact) mass is 447 g/mol. The van der Waals surface area contributed by atoms with Gasteiger partial charge < -0.3 is 15.5 Å². The number of carbonyl (C=O) groups is 3. The summed E-state index contributed by atoms with van der Waals surface area (Å²) in [6, 6.07) is 17.8. The van der Waals surface area contributed by atoms with E-state index >= 15 is 0 Å². The van der Waals surface area contributed by atoms with Crippen LogP contribution in [0.25, 0.3) is 0 Å². The van der Waals surface area contributed by atoms with Crippen LogP contribution in [0.1, 0.15) is 55.2 Å². The van der Waals surface area contributed by atoms with Crippen LogP contribution in [0, 0.1) is 0 Å². The van der Waals surface area contributed by atoms with E-state index in [0.29, 0.717) is 28.2 Å². The number of benzene rings is 2. The van der Waals surface area contributed by atoms with E-state index in [1.807, 2.05) is 40.6 Å². The molecule has 7 heteroatoms. The molecule has 6 nitrogen and oxygen atoms in total. The van der Waals surface area contributed by atoms with Gasteiger partial charge in [-0.3, -0.25) is 14.4 Å². The molecule has 0 radical (unpaired) electrons. The van der Waals surface area contributed by atoms with Crippen molar-refractivity contribution in [2.45, 2.75) is 25.8 Å². The zero-order valence-electron chi connectivity index (χ0n) is 17.7. The molecule has 2 N–H and O–H groups in total. The number of nitrogens with one attached hydrogen (secondary N) is 2. The minimum atomic E-state index is -0.231. The second-order valence-electron chi connectivity index (χ2n) is 7.74. The summed E-state index contributed by atoms with van der Waals surface area (Å²) in [5, 5.41) is 7.55. The Balaban J connectivity index is 1.32. The van der Waals surface area contributed by atoms with Crippen LogP contribution in [0.5, 0.6) is 0 Å². The fourth-order valence-corrected chi connectivity index (χ4v) is 4.29. The summed E-state index contributed by atoms with van der Waals surface area (Å²) in [7, 11) is 0. The molecule has 0 aliphatic carbocycles. The van der Waals surface area contributed by atoms with Crippen LogP contribution >= 0.6 is 11.3 Å². The lowest BCUT2D eigenvalue weighted by Crippen LogP contribution is -2.35. The van der Waals surface area contributed by atoms with E-state index in [0.717, 1.165) is 31.5 Å². The number of piperidine rings is 1. The molecular formula is C25H25N3O3S. The first-order valence-electron chi connectivity index (χ1n) is 10.7. The molecule has 1 aromatic heterocycles. The normalized spacial score (nSPS) is 13.4. The van der Waals surface area contributed by atoms with Gasteiger partial charge in [0.15, 0.2) is 0 Å². The van der Waals surface area contributed by atoms with Gasteiger partial charge in [0.25, 0.3) is 17.7 Å². The van der Waals surface area contributed by atoms with Crippen molar-refractivity contribution in [2.24, 2.45) is 0 Å². The molecule has 1 saturated heterocycles. The predicted octanol–water partition coefficient (Wildman–Crippen LogP) is 4.56. The highest BCUT2D eigenvalue weighted by Gasteiger charge is 2.18. The lowest BCUT2D eigenvalue weighted by atomic mass is 10.1. The number of anilines is 1. The molecule has 1 fully saturated rings. The number of hydrogen-bond donors (Lipinski definition) is 2. The number of amides is 3. The van der Waals surface area contributed by atoms with Gasteiger partial charge in [0.1, 0.15) is 0 Å². The Morgan fingerprint density at radius 2 is 1.62 bits per heavy atom. The first-order valence-corrected chi connectivity index (χ1v) is 11.6. The highest BCUT2D eigenvalue weighted by molar-refractivity contribution is 7.12. The predicted molar refractivity (Wildman–Crippen MR) is 126 cm³/mol. The number of hydrogen-bond acceptors (Lipinski definition) is 4. The molecule has 3 aromatic rings. The summed E-state index contributed by atoms with van der Waals surface area (Å²) in [5.41, 5.74) is 2.62. The quantitative estimate of drug-likeness (QED) is 0.582. The Kier molecular flexibility index (Phi) is 6.97. The topological polar surface area (TPSA) is 78.5 Å². The standard InChI is InChI=1S/C25H25N3O3S/c29-23(20-6-4-7-21(16-20)27-24(30)22-8-5-15-32-22)26-17-18-9-11-19(12-10-18)25(31)28-13-2-1-3-14-28/h4-12,15-16H,1-3,13-14,17H2,(H,26,29)(H,27,30). The van der Waals surface area contributed by atoms with Crippen molar-refractivity contribution in [3.05, 3.63) is 87.6 Å². The van der Waals surface area contributed by atoms with Crippen LogP contribution in [0.4, 0.5) is 5.69 Å². The van der Waals surface area contributed by atoms with Crippen LogP contribution in [-0.4, -0.2) is 35.7 Å². The number of rotatable bonds is 6. The first-order chi connectivity index (χ1) is 15.6. The van der Waals surface area contributed by atoms with Crippen LogP contribution in [0.3, 0.4) is 0 Å². The summed E-state index contributed by atoms with van der Waals surface area (Å²) in [6.45, 7) is 2.00. The molecule has 4 rings (SSSR count). The summed E-state index contributed by atoms with van der Waals surface area (Å²) in [5.74, 6) is -0.357. The minimum absolute atomic E-state index is 0.0710. The third-order valence-electron chi connectivity index (χ3n) is 5.42. The summed E-state index contributed by atoms with van der Waals surface area (Å²) >= 11 is 1.36. The van der Waals surface area contributed by atoms with E-state index in [-0.39, 0.29) is 17.7 Å². The largest absolute Gasteiger partial charge is 0.348 e. The molecular weight excluding hydrogens is 422 g/mol. The van der Waals surface area contributed by atoms with E-state index in [9.17, 15) is 14.4 Å². The van der Waals surface area contributed by atoms with E-state index < -0.39 is 0 Å². The van der Waals surface area contributed by atoms with Crippen LogP contribution in [0.15, 0.2) is 66.0 Å². The van der Waals surface area contributed by atoms with Gasteiger partial charge in [-0.1, -0.05) is 24.3 Å². The summed E-state index contributed by atoms with van der Waals surface area (Å²) in [6.07, 6.45) is 3.32. The van der Waals surface area contributed by atoms with Crippen molar-refractivity contribution in [1.29, 1.82) is 0 Å². The molecule has 0 saturated carbocycles. The molecule has 164 valence electrons. The van der Waals surface area contributed by atoms with E-state index in [4.69, 9.17) is 0 Å². The van der Waals surface area contributed by atoms with Gasteiger partial charge in [0.05, 0.1) is 4.88 Å². The molecule has 0 atom stereocenters. The Hall–Kier alpha value is -3.45. The van der Waals surface area contributed by atoms with Gasteiger partial charge in [-0.25, -0.2) is 0 Å². The third-order valence-corrected chi connectivity index (χ3v) is 6.29. The second-order valence-corrected chi connectivity index (χ2v) is 8.69. The van der Waals surface area contributed by atoms with Crippen LogP contribution < -0.4 is 10.6 Å². The van der Waals surface area contributed by atoms with Crippen molar-refractivity contribution in [3.8, 4) is 0 Å². The maximum absolute atomic E-state index is 12.6. The van der Waals surface area contributed by atoms with Crippen molar-refractivity contribution in [2.75, 3.05) is 18.4 Å². The van der Waals surface area contributed by atoms with E-state index in [1.54, 1.807) is 30.3 Å². The lowest BCUT2D eigenvalue weighted by molar-refractivity contribution is 0.0724. The Morgan fingerprint density at radius 3 is 2.34 bits per heavy atom. The maximum Gasteiger partial charge on any atom is 0.265 e. The van der Waals surface area contributed by atoms with Crippen LogP contribution in [-0.2, 0) is 6.54 Å². The van der Waals surface area contributed by atoms with Crippen molar-refractivity contribution < 1.29 is 14.4 Å². The highest BCUT2D eigenvalue weighted by atomic mass is 32.1. The number of carbonyl (C=O) groups excluding carboxylic acids is 3. The van der Waals surface area contributed by atoms with Gasteiger partial charge in [-0.15, -0.1) is 11.3 Å². The average Bonchev–Trinajstić information content (AvgIpc) is 3.38. The molecule has 2 aromatic carbocycles. The van der Waals surface area contributed by atoms with Crippen LogP contribution in [0.2, 0.25) is 0 Å². The van der Waals surface area contributed by atoms with Gasteiger partial charge >= 0.3 is 0 Å². The fourth-order valence-electron chi connectivity index (χ4n) is 3.67. The molecule has 0 bridgehead atoms. The van der Waals surface area contributed by atoms with Gasteiger partial charge in [0.2, 0.25) is 0 Å². The molecule has 0 spiro atoms. The SMILES string of the molecule is O=C(NCc1ccc(C(=O)N2CCCCC2)cc1)c1cccc(NC(=O)c2cccs2)c1. The van der Waals surface area contributed by atoms with E-state index in [2.05, 4.69) is 10.6 Å². The smallest absolute Gasteiger partial charge is 0.265 e. The van der Waals surface area contributed by atoms with E-state index in [1.165, 1.54) is 17.8 Å². The van der Waals surface area contributed by atoms with Crippen molar-refractivity contribution in [3.63, 3.8) is 0 Å². The second kappa shape index (κ2) is 10.2. The molecule has 1 aliphatic heterocycles. The zero-order valence-corrected chi connectivity index (χ0v) is 18.5. The van der Waals surface area contributed by atoms with Gasteiger partial charge in [-0.05, 0) is 66.6 Å². The first kappa shape index (κ1) is 21.8. The zero-order chi connectivity index (χ0) is 22.3. The molecule has 0 unspecified atom stereocenters. The third kappa shape index (κ3) is 5.42. The molecule has 3 amide bonds. The van der Waals surface area contributed by atoms with Crippen molar-refractivity contribution >= 4 is 34.7 Å². The highest BCUT2D eigenvalue weighted by Crippen LogP contribution is 2.16. The Morgan fingerprint density at radius 1 is 0.844 bits per heavy atom. The minimum Gasteiger partial charge on any atom is -0.348 e. The Bertz CT molecular complexity index is 1090. The average molecular weight is 448 g/mol.